The van der Waals surface area contributed by atoms with E-state index >= 15 is 0 Å². The zero-order chi connectivity index (χ0) is 14.4. The van der Waals surface area contributed by atoms with Crippen molar-refractivity contribution in [1.29, 1.82) is 0 Å². The lowest BCUT2D eigenvalue weighted by molar-refractivity contribution is 0.0149. The maximum atomic E-state index is 10.8. The number of methoxy groups -OCH3 is 1. The van der Waals surface area contributed by atoms with E-state index in [1.165, 1.54) is 5.56 Å². The number of aryl methyl sites for hydroxylation is 1. The van der Waals surface area contributed by atoms with Gasteiger partial charge in [0.1, 0.15) is 0 Å². The molecule has 0 saturated heterocycles. The summed E-state index contributed by atoms with van der Waals surface area (Å²) in [4.78, 5) is 4.52. The van der Waals surface area contributed by atoms with Gasteiger partial charge in [-0.2, -0.15) is 0 Å². The van der Waals surface area contributed by atoms with Gasteiger partial charge in [-0.1, -0.05) is 6.07 Å². The van der Waals surface area contributed by atoms with E-state index in [9.17, 15) is 5.11 Å². The standard InChI is InChI=1S/C16H26N2O2/c1-16(19,8-10-17-11-12-20-2)14-7-3-5-13-6-4-9-18-15(13)14/h4,6,9,14,17,19H,3,5,7-8,10-12H2,1-2H3. The van der Waals surface area contributed by atoms with Crippen molar-refractivity contribution in [3.63, 3.8) is 0 Å². The largest absolute Gasteiger partial charge is 0.389 e. The van der Waals surface area contributed by atoms with Crippen molar-refractivity contribution in [1.82, 2.24) is 10.3 Å². The van der Waals surface area contributed by atoms with Crippen LogP contribution >= 0.6 is 0 Å². The van der Waals surface area contributed by atoms with E-state index in [1.54, 1.807) is 7.11 Å². The molecule has 1 aliphatic rings. The zero-order valence-electron chi connectivity index (χ0n) is 12.6. The second-order valence-electron chi connectivity index (χ2n) is 5.84. The molecule has 4 nitrogen and oxygen atoms in total. The van der Waals surface area contributed by atoms with Crippen molar-refractivity contribution < 1.29 is 9.84 Å². The van der Waals surface area contributed by atoms with Crippen LogP contribution in [0.25, 0.3) is 0 Å². The number of fused-ring (bicyclic) bond motifs is 1. The van der Waals surface area contributed by atoms with Crippen LogP contribution in [-0.4, -0.2) is 42.5 Å². The molecule has 0 bridgehead atoms. The smallest absolute Gasteiger partial charge is 0.0715 e. The summed E-state index contributed by atoms with van der Waals surface area (Å²) >= 11 is 0. The van der Waals surface area contributed by atoms with Crippen LogP contribution < -0.4 is 5.32 Å². The quantitative estimate of drug-likeness (QED) is 0.748. The number of hydrogen-bond acceptors (Lipinski definition) is 4. The fraction of sp³-hybridized carbons (Fsp3) is 0.688. The van der Waals surface area contributed by atoms with Crippen LogP contribution in [-0.2, 0) is 11.2 Å². The highest BCUT2D eigenvalue weighted by Crippen LogP contribution is 2.39. The number of hydrogen-bond donors (Lipinski definition) is 2. The lowest BCUT2D eigenvalue weighted by Gasteiger charge is -2.36. The van der Waals surface area contributed by atoms with E-state index < -0.39 is 5.60 Å². The molecule has 0 aromatic carbocycles. The maximum Gasteiger partial charge on any atom is 0.0715 e. The number of nitrogens with zero attached hydrogens (tertiary/aromatic N) is 1. The fourth-order valence-electron chi connectivity index (χ4n) is 3.03. The van der Waals surface area contributed by atoms with Crippen LogP contribution in [0.3, 0.4) is 0 Å². The SMILES string of the molecule is COCCNCCC(C)(O)C1CCCc2cccnc21. The van der Waals surface area contributed by atoms with Gasteiger partial charge in [-0.25, -0.2) is 0 Å². The Morgan fingerprint density at radius 3 is 3.15 bits per heavy atom. The van der Waals surface area contributed by atoms with E-state index in [0.717, 1.165) is 44.5 Å². The van der Waals surface area contributed by atoms with E-state index in [0.29, 0.717) is 6.61 Å². The number of nitrogens with one attached hydrogen (secondary N) is 1. The Labute approximate surface area is 121 Å². The summed E-state index contributed by atoms with van der Waals surface area (Å²) in [5.41, 5.74) is 1.70. The van der Waals surface area contributed by atoms with Crippen LogP contribution in [0.15, 0.2) is 18.3 Å². The van der Waals surface area contributed by atoms with Crippen LogP contribution in [0, 0.1) is 0 Å². The molecule has 0 radical (unpaired) electrons. The third-order valence-corrected chi connectivity index (χ3v) is 4.24. The van der Waals surface area contributed by atoms with Gasteiger partial charge in [0.05, 0.1) is 12.2 Å². The highest BCUT2D eigenvalue weighted by molar-refractivity contribution is 5.28. The molecule has 20 heavy (non-hydrogen) atoms. The van der Waals surface area contributed by atoms with Gasteiger partial charge in [-0.15, -0.1) is 0 Å². The van der Waals surface area contributed by atoms with Crippen LogP contribution in [0.5, 0.6) is 0 Å². The second kappa shape index (κ2) is 7.16. The molecule has 1 aliphatic carbocycles. The molecule has 0 amide bonds. The van der Waals surface area contributed by atoms with Gasteiger partial charge in [0.25, 0.3) is 0 Å². The maximum absolute atomic E-state index is 10.8. The second-order valence-corrected chi connectivity index (χ2v) is 5.84. The van der Waals surface area contributed by atoms with Crippen LogP contribution in [0.4, 0.5) is 0 Å². The monoisotopic (exact) mass is 278 g/mol. The molecule has 0 aliphatic heterocycles. The van der Waals surface area contributed by atoms with Crippen molar-refractivity contribution in [2.75, 3.05) is 26.8 Å². The van der Waals surface area contributed by atoms with Crippen LogP contribution in [0.1, 0.15) is 43.4 Å². The number of aromatic nitrogens is 1. The molecule has 2 rings (SSSR count). The molecular weight excluding hydrogens is 252 g/mol. The van der Waals surface area contributed by atoms with E-state index in [4.69, 9.17) is 4.74 Å². The summed E-state index contributed by atoms with van der Waals surface area (Å²) < 4.78 is 5.00. The predicted octanol–water partition coefficient (Wildman–Crippen LogP) is 1.88. The summed E-state index contributed by atoms with van der Waals surface area (Å²) in [6.45, 7) is 4.27. The van der Waals surface area contributed by atoms with Gasteiger partial charge in [0.2, 0.25) is 0 Å². The Balaban J connectivity index is 1.96. The number of ether oxygens (including phenoxy) is 1. The van der Waals surface area contributed by atoms with E-state index in [1.807, 2.05) is 19.2 Å². The molecule has 2 unspecified atom stereocenters. The third-order valence-electron chi connectivity index (χ3n) is 4.24. The average Bonchev–Trinajstić information content (AvgIpc) is 2.46. The van der Waals surface area contributed by atoms with Crippen molar-refractivity contribution >= 4 is 0 Å². The van der Waals surface area contributed by atoms with Crippen molar-refractivity contribution in [3.8, 4) is 0 Å². The molecule has 0 saturated carbocycles. The van der Waals surface area contributed by atoms with Gasteiger partial charge in [0.15, 0.2) is 0 Å². The summed E-state index contributed by atoms with van der Waals surface area (Å²) in [5, 5.41) is 14.1. The van der Waals surface area contributed by atoms with Crippen molar-refractivity contribution in [2.45, 2.75) is 44.1 Å². The predicted molar refractivity (Wildman–Crippen MR) is 79.9 cm³/mol. The number of rotatable bonds is 7. The first-order valence-corrected chi connectivity index (χ1v) is 7.51. The molecule has 2 atom stereocenters. The highest BCUT2D eigenvalue weighted by atomic mass is 16.5. The van der Waals surface area contributed by atoms with Gasteiger partial charge in [-0.05, 0) is 50.8 Å². The van der Waals surface area contributed by atoms with E-state index in [-0.39, 0.29) is 5.92 Å². The first kappa shape index (κ1) is 15.4. The lowest BCUT2D eigenvalue weighted by atomic mass is 9.75. The summed E-state index contributed by atoms with van der Waals surface area (Å²) in [5.74, 6) is 0.150. The van der Waals surface area contributed by atoms with Gasteiger partial charge in [0, 0.05) is 31.5 Å². The Hall–Kier alpha value is -0.970. The topological polar surface area (TPSA) is 54.4 Å². The Kier molecular flexibility index (Phi) is 5.52. The minimum absolute atomic E-state index is 0.150. The molecule has 1 aromatic heterocycles. The third kappa shape index (κ3) is 3.78. The Morgan fingerprint density at radius 2 is 2.35 bits per heavy atom. The molecule has 0 fully saturated rings. The van der Waals surface area contributed by atoms with Crippen LogP contribution in [0.2, 0.25) is 0 Å². The zero-order valence-corrected chi connectivity index (χ0v) is 12.6. The number of aliphatic hydroxyl groups is 1. The summed E-state index contributed by atoms with van der Waals surface area (Å²) in [6, 6.07) is 4.13. The number of pyridine rings is 1. The molecule has 2 N–H and O–H groups in total. The first-order chi connectivity index (χ1) is 9.65. The molecule has 1 heterocycles. The molecule has 1 aromatic rings. The van der Waals surface area contributed by atoms with Gasteiger partial charge >= 0.3 is 0 Å². The first-order valence-electron chi connectivity index (χ1n) is 7.51. The molecule has 4 heteroatoms. The minimum Gasteiger partial charge on any atom is -0.389 e. The average molecular weight is 278 g/mol. The normalized spacial score (nSPS) is 21.2. The van der Waals surface area contributed by atoms with Gasteiger partial charge < -0.3 is 15.2 Å². The van der Waals surface area contributed by atoms with Crippen molar-refractivity contribution in [2.24, 2.45) is 0 Å². The lowest BCUT2D eigenvalue weighted by Crippen LogP contribution is -2.38. The summed E-state index contributed by atoms with van der Waals surface area (Å²) in [7, 11) is 1.70. The van der Waals surface area contributed by atoms with E-state index in [2.05, 4.69) is 16.4 Å². The van der Waals surface area contributed by atoms with Crippen molar-refractivity contribution in [3.05, 3.63) is 29.6 Å². The Morgan fingerprint density at radius 1 is 1.50 bits per heavy atom. The minimum atomic E-state index is -0.705. The van der Waals surface area contributed by atoms with Gasteiger partial charge in [-0.3, -0.25) is 4.98 Å². The Bertz CT molecular complexity index is 421. The molecule has 0 spiro atoms. The molecule has 112 valence electrons. The molecular formula is C16H26N2O2. The highest BCUT2D eigenvalue weighted by Gasteiger charge is 2.36. The fourth-order valence-corrected chi connectivity index (χ4v) is 3.03. The summed E-state index contributed by atoms with van der Waals surface area (Å²) in [6.07, 6.45) is 5.81.